The van der Waals surface area contributed by atoms with Crippen molar-refractivity contribution in [2.75, 3.05) is 4.90 Å². The van der Waals surface area contributed by atoms with Crippen molar-refractivity contribution in [3.63, 3.8) is 0 Å². The molecule has 4 rings (SSSR count). The first kappa shape index (κ1) is 18.9. The van der Waals surface area contributed by atoms with Gasteiger partial charge < -0.3 is 10.0 Å². The maximum Gasteiger partial charge on any atom is 0.303 e. The average Bonchev–Trinajstić information content (AvgIpc) is 3.16. The number of anilines is 1. The van der Waals surface area contributed by atoms with Crippen molar-refractivity contribution in [3.05, 3.63) is 63.9 Å². The minimum absolute atomic E-state index is 0.0370. The normalized spacial score (nSPS) is 22.8. The second-order valence-electron chi connectivity index (χ2n) is 7.73. The van der Waals surface area contributed by atoms with Gasteiger partial charge in [-0.3, -0.25) is 9.59 Å². The highest BCUT2D eigenvalue weighted by Gasteiger charge is 2.48. The molecule has 1 saturated carbocycles. The third kappa shape index (κ3) is 3.28. The number of hydrogen-bond donors (Lipinski definition) is 1. The predicted molar refractivity (Wildman–Crippen MR) is 106 cm³/mol. The fraction of sp³-hybridized carbons (Fsp3) is 0.364. The number of carboxylic acid groups (broad SMARTS) is 1. The Balaban J connectivity index is 1.81. The Morgan fingerprint density at radius 3 is 2.57 bits per heavy atom. The number of aliphatic carboxylic acids is 1. The molecule has 3 atom stereocenters. The van der Waals surface area contributed by atoms with Crippen molar-refractivity contribution in [3.8, 4) is 0 Å². The smallest absolute Gasteiger partial charge is 0.303 e. The minimum atomic E-state index is -0.828. The number of hydrogen-bond acceptors (Lipinski definition) is 3. The minimum Gasteiger partial charge on any atom is -0.481 e. The third-order valence-corrected chi connectivity index (χ3v) is 6.23. The second-order valence-corrected chi connectivity index (χ2v) is 8.17. The zero-order chi connectivity index (χ0) is 20.0. The van der Waals surface area contributed by atoms with Crippen LogP contribution in [-0.2, 0) is 11.3 Å². The lowest BCUT2D eigenvalue weighted by Gasteiger charge is -2.32. The van der Waals surface area contributed by atoms with Crippen molar-refractivity contribution in [1.29, 1.82) is 0 Å². The number of nitrogens with zero attached hydrogens (tertiary/aromatic N) is 1. The number of benzene rings is 2. The van der Waals surface area contributed by atoms with Crippen LogP contribution in [0.5, 0.6) is 0 Å². The van der Waals surface area contributed by atoms with E-state index in [0.29, 0.717) is 17.1 Å². The lowest BCUT2D eigenvalue weighted by atomic mass is 9.92. The molecule has 1 heterocycles. The van der Waals surface area contributed by atoms with Gasteiger partial charge in [0.05, 0.1) is 12.1 Å². The van der Waals surface area contributed by atoms with Gasteiger partial charge in [-0.15, -0.1) is 0 Å². The zero-order valence-electron chi connectivity index (χ0n) is 15.5. The summed E-state index contributed by atoms with van der Waals surface area (Å²) in [6.45, 7) is 1.96. The highest BCUT2D eigenvalue weighted by Crippen LogP contribution is 2.54. The SMILES string of the molecule is CC(=O)c1cc(F)cc2c1N(Cc1ccc(Cl)cc1)C1C2CC[C@@H]1CC(=O)O. The van der Waals surface area contributed by atoms with E-state index >= 15 is 0 Å². The molecule has 4 nitrogen and oxygen atoms in total. The summed E-state index contributed by atoms with van der Waals surface area (Å²) in [5.41, 5.74) is 2.97. The molecule has 2 aliphatic rings. The Labute approximate surface area is 167 Å². The van der Waals surface area contributed by atoms with Gasteiger partial charge in [-0.05, 0) is 61.1 Å². The highest BCUT2D eigenvalue weighted by atomic mass is 35.5. The fourth-order valence-electron chi connectivity index (χ4n) is 4.93. The predicted octanol–water partition coefficient (Wildman–Crippen LogP) is 5.04. The van der Waals surface area contributed by atoms with Crippen LogP contribution < -0.4 is 4.90 Å². The van der Waals surface area contributed by atoms with Crippen LogP contribution >= 0.6 is 11.6 Å². The Bertz CT molecular complexity index is 944. The standard InChI is InChI=1S/C22H21ClFNO3/c1-12(26)18-9-16(24)10-19-17-7-4-14(8-20(27)28)21(17)25(22(18)19)11-13-2-5-15(23)6-3-13/h2-3,5-6,9-10,14,17,21H,4,7-8,11H2,1H3,(H,27,28)/t14-,17?,21?/m1/s1. The van der Waals surface area contributed by atoms with E-state index in [9.17, 15) is 19.1 Å². The molecular formula is C22H21ClFNO3. The van der Waals surface area contributed by atoms with Gasteiger partial charge in [0.2, 0.25) is 0 Å². The monoisotopic (exact) mass is 401 g/mol. The van der Waals surface area contributed by atoms with Crippen LogP contribution in [0, 0.1) is 11.7 Å². The summed E-state index contributed by atoms with van der Waals surface area (Å²) < 4.78 is 14.3. The Morgan fingerprint density at radius 2 is 1.93 bits per heavy atom. The van der Waals surface area contributed by atoms with Crippen molar-refractivity contribution in [2.45, 2.75) is 44.7 Å². The van der Waals surface area contributed by atoms with E-state index < -0.39 is 11.8 Å². The number of rotatable bonds is 5. The van der Waals surface area contributed by atoms with Gasteiger partial charge in [-0.2, -0.15) is 0 Å². The summed E-state index contributed by atoms with van der Waals surface area (Å²) in [5, 5.41) is 10.00. The molecule has 1 aliphatic heterocycles. The summed E-state index contributed by atoms with van der Waals surface area (Å²) in [6, 6.07) is 10.2. The van der Waals surface area contributed by atoms with E-state index in [0.717, 1.165) is 29.7 Å². The Morgan fingerprint density at radius 1 is 1.21 bits per heavy atom. The molecule has 2 aromatic carbocycles. The molecule has 0 aromatic heterocycles. The molecule has 2 aromatic rings. The van der Waals surface area contributed by atoms with Crippen molar-refractivity contribution in [2.24, 2.45) is 5.92 Å². The van der Waals surface area contributed by atoms with Crippen molar-refractivity contribution < 1.29 is 19.1 Å². The van der Waals surface area contributed by atoms with E-state index in [1.54, 1.807) is 0 Å². The lowest BCUT2D eigenvalue weighted by molar-refractivity contribution is -0.138. The van der Waals surface area contributed by atoms with Gasteiger partial charge in [-0.25, -0.2) is 4.39 Å². The molecule has 146 valence electrons. The van der Waals surface area contributed by atoms with Crippen LogP contribution in [0.2, 0.25) is 5.02 Å². The molecule has 0 bridgehead atoms. The van der Waals surface area contributed by atoms with Gasteiger partial charge in [0, 0.05) is 29.1 Å². The van der Waals surface area contributed by atoms with Crippen LogP contribution in [0.15, 0.2) is 36.4 Å². The number of carboxylic acids is 1. The molecule has 0 saturated heterocycles. The second kappa shape index (κ2) is 7.21. The fourth-order valence-corrected chi connectivity index (χ4v) is 5.06. The molecular weight excluding hydrogens is 381 g/mol. The summed E-state index contributed by atoms with van der Waals surface area (Å²) in [4.78, 5) is 25.8. The van der Waals surface area contributed by atoms with Crippen LogP contribution in [0.1, 0.15) is 53.6 Å². The Hall–Kier alpha value is -2.40. The molecule has 1 aliphatic carbocycles. The quantitative estimate of drug-likeness (QED) is 0.713. The third-order valence-electron chi connectivity index (χ3n) is 5.98. The lowest BCUT2D eigenvalue weighted by Crippen LogP contribution is -2.37. The summed E-state index contributed by atoms with van der Waals surface area (Å²) in [5.74, 6) is -1.43. The van der Waals surface area contributed by atoms with E-state index in [4.69, 9.17) is 11.6 Å². The zero-order valence-corrected chi connectivity index (χ0v) is 16.2. The summed E-state index contributed by atoms with van der Waals surface area (Å²) in [6.07, 6.45) is 1.65. The molecule has 28 heavy (non-hydrogen) atoms. The number of carbonyl (C=O) groups is 2. The summed E-state index contributed by atoms with van der Waals surface area (Å²) >= 11 is 6.00. The molecule has 1 fully saturated rings. The molecule has 0 radical (unpaired) electrons. The maximum atomic E-state index is 14.3. The van der Waals surface area contributed by atoms with Gasteiger partial charge in [-0.1, -0.05) is 23.7 Å². The average molecular weight is 402 g/mol. The van der Waals surface area contributed by atoms with E-state index in [1.165, 1.54) is 19.1 Å². The van der Waals surface area contributed by atoms with Crippen LogP contribution in [0.25, 0.3) is 0 Å². The van der Waals surface area contributed by atoms with Gasteiger partial charge >= 0.3 is 5.97 Å². The highest BCUT2D eigenvalue weighted by molar-refractivity contribution is 6.30. The van der Waals surface area contributed by atoms with Gasteiger partial charge in [0.15, 0.2) is 5.78 Å². The van der Waals surface area contributed by atoms with Crippen molar-refractivity contribution in [1.82, 2.24) is 0 Å². The maximum absolute atomic E-state index is 14.3. The van der Waals surface area contributed by atoms with E-state index in [1.807, 2.05) is 24.3 Å². The first-order valence-electron chi connectivity index (χ1n) is 9.42. The molecule has 0 amide bonds. The molecule has 1 N–H and O–H groups in total. The first-order valence-corrected chi connectivity index (χ1v) is 9.80. The van der Waals surface area contributed by atoms with Gasteiger partial charge in [0.1, 0.15) is 5.82 Å². The van der Waals surface area contributed by atoms with Crippen molar-refractivity contribution >= 4 is 29.0 Å². The number of carbonyl (C=O) groups excluding carboxylic acids is 1. The molecule has 2 unspecified atom stereocenters. The van der Waals surface area contributed by atoms with Crippen LogP contribution in [0.4, 0.5) is 10.1 Å². The van der Waals surface area contributed by atoms with Crippen LogP contribution in [-0.4, -0.2) is 22.9 Å². The number of ketones is 1. The van der Waals surface area contributed by atoms with E-state index in [-0.39, 0.29) is 30.1 Å². The first-order chi connectivity index (χ1) is 13.3. The van der Waals surface area contributed by atoms with Crippen LogP contribution in [0.3, 0.4) is 0 Å². The molecule has 0 spiro atoms. The number of Topliss-reactive ketones (excluding diaryl/α,β-unsaturated/α-hetero) is 1. The Kier molecular flexibility index (Phi) is 4.88. The summed E-state index contributed by atoms with van der Waals surface area (Å²) in [7, 11) is 0. The number of fused-ring (bicyclic) bond motifs is 3. The van der Waals surface area contributed by atoms with E-state index in [2.05, 4.69) is 4.90 Å². The topological polar surface area (TPSA) is 57.6 Å². The largest absolute Gasteiger partial charge is 0.481 e. The molecule has 6 heteroatoms. The van der Waals surface area contributed by atoms with Gasteiger partial charge in [0.25, 0.3) is 0 Å². The number of halogens is 2.